The molecule has 1 aliphatic rings. The molecule has 0 aromatic heterocycles. The van der Waals surface area contributed by atoms with Crippen molar-refractivity contribution in [3.8, 4) is 0 Å². The average molecular weight is 263 g/mol. The van der Waals surface area contributed by atoms with E-state index in [-0.39, 0.29) is 11.4 Å². The lowest BCUT2D eigenvalue weighted by molar-refractivity contribution is -0.116. The highest BCUT2D eigenvalue weighted by Crippen LogP contribution is 2.18. The summed E-state index contributed by atoms with van der Waals surface area (Å²) in [6, 6.07) is 0. The lowest BCUT2D eigenvalue weighted by Crippen LogP contribution is -2.50. The maximum Gasteiger partial charge on any atom is 0.202 e. The van der Waals surface area contributed by atoms with Crippen LogP contribution in [0.5, 0.6) is 0 Å². The van der Waals surface area contributed by atoms with E-state index >= 15 is 0 Å². The highest BCUT2D eigenvalue weighted by atomic mass is 35.5. The number of aliphatic imine (C=N–C) groups is 2. The maximum absolute atomic E-state index is 11.8. The zero-order valence-corrected chi connectivity index (χ0v) is 10.5. The summed E-state index contributed by atoms with van der Waals surface area (Å²) >= 11 is 11.7. The molecule has 16 heavy (non-hydrogen) atoms. The maximum atomic E-state index is 11.8. The molecule has 0 aromatic carbocycles. The van der Waals surface area contributed by atoms with Gasteiger partial charge in [-0.15, -0.1) is 23.2 Å². The molecule has 0 heterocycles. The van der Waals surface area contributed by atoms with Gasteiger partial charge in [0.25, 0.3) is 0 Å². The smallest absolute Gasteiger partial charge is 0.202 e. The summed E-state index contributed by atoms with van der Waals surface area (Å²) < 4.78 is 0. The summed E-state index contributed by atoms with van der Waals surface area (Å²) in [6.07, 6.45) is 0. The molecule has 0 saturated heterocycles. The summed E-state index contributed by atoms with van der Waals surface area (Å²) in [5, 5.41) is -2.10. The summed E-state index contributed by atoms with van der Waals surface area (Å²) in [5.74, 6) is -0.842. The minimum absolute atomic E-state index is 0.0456. The fraction of sp³-hybridized carbons (Fsp3) is 0.600. The third kappa shape index (κ3) is 2.33. The molecule has 6 heteroatoms. The molecule has 1 aliphatic carbocycles. The molecular weight excluding hydrogens is 251 g/mol. The first-order chi connectivity index (χ1) is 7.54. The van der Waals surface area contributed by atoms with E-state index in [0.29, 0.717) is 13.1 Å². The predicted molar refractivity (Wildman–Crippen MR) is 65.2 cm³/mol. The highest BCUT2D eigenvalue weighted by Gasteiger charge is 2.43. The zero-order valence-electron chi connectivity index (χ0n) is 9.04. The summed E-state index contributed by atoms with van der Waals surface area (Å²) in [5.41, 5.74) is 0.0911. The van der Waals surface area contributed by atoms with Crippen LogP contribution in [0.3, 0.4) is 0 Å². The van der Waals surface area contributed by atoms with Gasteiger partial charge in [0.15, 0.2) is 0 Å². The van der Waals surface area contributed by atoms with Gasteiger partial charge in [0, 0.05) is 13.1 Å². The molecule has 0 radical (unpaired) electrons. The SMILES string of the molecule is CCN=C1C(=O)C(Cl)C(=NCC)C(=O)C1Cl. The summed E-state index contributed by atoms with van der Waals surface area (Å²) in [6.45, 7) is 4.30. The Morgan fingerprint density at radius 1 is 0.938 bits per heavy atom. The number of hydrogen-bond acceptors (Lipinski definition) is 4. The van der Waals surface area contributed by atoms with Gasteiger partial charge in [-0.3, -0.25) is 19.6 Å². The van der Waals surface area contributed by atoms with Crippen LogP contribution in [-0.4, -0.2) is 46.8 Å². The number of ketones is 2. The Kier molecular flexibility index (Phi) is 4.62. The number of Topliss-reactive ketones (excluding diaryl/α,β-unsaturated/α-hetero) is 2. The van der Waals surface area contributed by atoms with Crippen molar-refractivity contribution in [2.45, 2.75) is 24.6 Å². The van der Waals surface area contributed by atoms with Gasteiger partial charge in [-0.2, -0.15) is 0 Å². The van der Waals surface area contributed by atoms with Crippen LogP contribution in [0.15, 0.2) is 9.98 Å². The van der Waals surface area contributed by atoms with Gasteiger partial charge in [-0.25, -0.2) is 0 Å². The molecule has 0 spiro atoms. The Bertz CT molecular complexity index is 341. The van der Waals surface area contributed by atoms with Crippen LogP contribution in [0.25, 0.3) is 0 Å². The fourth-order valence-corrected chi connectivity index (χ4v) is 1.99. The molecule has 0 aromatic rings. The number of nitrogens with zero attached hydrogens (tertiary/aromatic N) is 2. The van der Waals surface area contributed by atoms with Crippen LogP contribution in [0, 0.1) is 0 Å². The second-order valence-corrected chi connectivity index (χ2v) is 4.05. The van der Waals surface area contributed by atoms with Crippen molar-refractivity contribution in [3.63, 3.8) is 0 Å². The van der Waals surface area contributed by atoms with E-state index in [1.165, 1.54) is 0 Å². The van der Waals surface area contributed by atoms with Crippen molar-refractivity contribution in [3.05, 3.63) is 0 Å². The van der Waals surface area contributed by atoms with E-state index in [9.17, 15) is 9.59 Å². The van der Waals surface area contributed by atoms with Gasteiger partial charge in [0.1, 0.15) is 22.2 Å². The predicted octanol–water partition coefficient (Wildman–Crippen LogP) is 1.27. The monoisotopic (exact) mass is 262 g/mol. The Morgan fingerprint density at radius 2 is 1.25 bits per heavy atom. The molecular formula is C10H12Cl2N2O2. The Balaban J connectivity index is 3.15. The standard InChI is InChI=1S/C10H12Cl2N2O2/c1-3-13-7-5(11)10(16)8(14-4-2)6(12)9(7)15/h5-6H,3-4H2,1-2H3. The number of alkyl halides is 2. The van der Waals surface area contributed by atoms with Crippen LogP contribution < -0.4 is 0 Å². The van der Waals surface area contributed by atoms with Crippen LogP contribution in [-0.2, 0) is 9.59 Å². The van der Waals surface area contributed by atoms with Gasteiger partial charge in [0.2, 0.25) is 11.6 Å². The molecule has 4 nitrogen and oxygen atoms in total. The molecule has 88 valence electrons. The Labute approximate surface area is 104 Å². The lowest BCUT2D eigenvalue weighted by Gasteiger charge is -2.22. The number of carbonyl (C=O) groups is 2. The second-order valence-electron chi connectivity index (χ2n) is 3.17. The van der Waals surface area contributed by atoms with Crippen LogP contribution >= 0.6 is 23.2 Å². The van der Waals surface area contributed by atoms with Crippen molar-refractivity contribution in [1.82, 2.24) is 0 Å². The first-order valence-corrected chi connectivity index (χ1v) is 5.87. The van der Waals surface area contributed by atoms with Crippen LogP contribution in [0.1, 0.15) is 13.8 Å². The molecule has 1 saturated carbocycles. The van der Waals surface area contributed by atoms with Crippen LogP contribution in [0.4, 0.5) is 0 Å². The molecule has 2 atom stereocenters. The third-order valence-corrected chi connectivity index (χ3v) is 2.91. The molecule has 0 N–H and O–H groups in total. The minimum atomic E-state index is -1.05. The van der Waals surface area contributed by atoms with Crippen molar-refractivity contribution in [2.75, 3.05) is 13.1 Å². The third-order valence-electron chi connectivity index (χ3n) is 2.10. The van der Waals surface area contributed by atoms with E-state index in [2.05, 4.69) is 9.98 Å². The Morgan fingerprint density at radius 3 is 1.50 bits per heavy atom. The normalized spacial score (nSPS) is 31.5. The zero-order chi connectivity index (χ0) is 12.3. The largest absolute Gasteiger partial charge is 0.291 e. The fourth-order valence-electron chi connectivity index (χ4n) is 1.41. The van der Waals surface area contributed by atoms with Gasteiger partial charge >= 0.3 is 0 Å². The quantitative estimate of drug-likeness (QED) is 0.704. The molecule has 1 rings (SSSR count). The number of carbonyl (C=O) groups excluding carboxylic acids is 2. The number of halogens is 2. The van der Waals surface area contributed by atoms with Crippen molar-refractivity contribution >= 4 is 46.2 Å². The first-order valence-electron chi connectivity index (χ1n) is 4.99. The molecule has 0 amide bonds. The lowest BCUT2D eigenvalue weighted by atomic mass is 9.92. The van der Waals surface area contributed by atoms with E-state index in [1.54, 1.807) is 13.8 Å². The average Bonchev–Trinajstić information content (AvgIpc) is 2.28. The van der Waals surface area contributed by atoms with E-state index in [4.69, 9.17) is 23.2 Å². The second kappa shape index (κ2) is 5.55. The van der Waals surface area contributed by atoms with E-state index in [0.717, 1.165) is 0 Å². The van der Waals surface area contributed by atoms with Crippen molar-refractivity contribution in [2.24, 2.45) is 9.98 Å². The first kappa shape index (κ1) is 13.3. The topological polar surface area (TPSA) is 58.9 Å². The van der Waals surface area contributed by atoms with E-state index < -0.39 is 22.3 Å². The van der Waals surface area contributed by atoms with Gasteiger partial charge in [-0.1, -0.05) is 0 Å². The number of hydrogen-bond donors (Lipinski definition) is 0. The van der Waals surface area contributed by atoms with Gasteiger partial charge < -0.3 is 0 Å². The molecule has 1 fully saturated rings. The van der Waals surface area contributed by atoms with E-state index in [1.807, 2.05) is 0 Å². The molecule has 0 bridgehead atoms. The van der Waals surface area contributed by atoms with Crippen molar-refractivity contribution in [1.29, 1.82) is 0 Å². The molecule has 2 unspecified atom stereocenters. The van der Waals surface area contributed by atoms with Gasteiger partial charge in [0.05, 0.1) is 0 Å². The Hall–Kier alpha value is -0.740. The highest BCUT2D eigenvalue weighted by molar-refractivity contribution is 6.79. The minimum Gasteiger partial charge on any atom is -0.291 e. The summed E-state index contributed by atoms with van der Waals surface area (Å²) in [7, 11) is 0. The van der Waals surface area contributed by atoms with Crippen LogP contribution in [0.2, 0.25) is 0 Å². The molecule has 0 aliphatic heterocycles. The summed E-state index contributed by atoms with van der Waals surface area (Å²) in [4.78, 5) is 31.4. The van der Waals surface area contributed by atoms with Gasteiger partial charge in [-0.05, 0) is 13.8 Å². The number of rotatable bonds is 2. The van der Waals surface area contributed by atoms with Crippen molar-refractivity contribution < 1.29 is 9.59 Å².